The Labute approximate surface area is 84.4 Å². The molecule has 1 N–H and O–H groups in total. The largest absolute Gasteiger partial charge is 0.396 e. The maximum Gasteiger partial charge on any atom is 0.148 e. The number of aliphatic hydroxyl groups is 1. The van der Waals surface area contributed by atoms with Crippen LogP contribution in [-0.2, 0) is 9.47 Å². The fourth-order valence-corrected chi connectivity index (χ4v) is 1.56. The third-order valence-corrected chi connectivity index (χ3v) is 2.35. The molecule has 0 aromatic carbocycles. The molecule has 0 aromatic heterocycles. The van der Waals surface area contributed by atoms with Gasteiger partial charge in [0, 0.05) is 19.1 Å². The molecule has 0 bridgehead atoms. The van der Waals surface area contributed by atoms with Gasteiger partial charge in [0.2, 0.25) is 0 Å². The minimum atomic E-state index is -0.373. The standard InChI is InChI=1S/C10H17NO3/c11-7-10(14-6-2-4-12)9-3-1-5-13-8-9/h9-10,12H,1-6,8H2. The van der Waals surface area contributed by atoms with Crippen LogP contribution < -0.4 is 0 Å². The summed E-state index contributed by atoms with van der Waals surface area (Å²) in [4.78, 5) is 0. The number of ether oxygens (including phenoxy) is 2. The monoisotopic (exact) mass is 199 g/mol. The number of hydrogen-bond acceptors (Lipinski definition) is 4. The first-order valence-corrected chi connectivity index (χ1v) is 5.08. The summed E-state index contributed by atoms with van der Waals surface area (Å²) in [5, 5.41) is 17.5. The number of rotatable bonds is 5. The Morgan fingerprint density at radius 3 is 3.07 bits per heavy atom. The predicted octanol–water partition coefficient (Wildman–Crippen LogP) is 0.704. The Hall–Kier alpha value is -0.630. The van der Waals surface area contributed by atoms with Gasteiger partial charge in [-0.3, -0.25) is 0 Å². The highest BCUT2D eigenvalue weighted by Gasteiger charge is 2.24. The van der Waals surface area contributed by atoms with Crippen LogP contribution in [0.1, 0.15) is 19.3 Å². The summed E-state index contributed by atoms with van der Waals surface area (Å²) in [6.45, 7) is 1.98. The predicted molar refractivity (Wildman–Crippen MR) is 50.6 cm³/mol. The first-order chi connectivity index (χ1) is 6.88. The lowest BCUT2D eigenvalue weighted by Gasteiger charge is -2.25. The van der Waals surface area contributed by atoms with E-state index in [9.17, 15) is 0 Å². The first-order valence-electron chi connectivity index (χ1n) is 5.08. The van der Waals surface area contributed by atoms with E-state index in [1.54, 1.807) is 0 Å². The average molecular weight is 199 g/mol. The average Bonchev–Trinajstić information content (AvgIpc) is 2.26. The normalized spacial score (nSPS) is 24.1. The number of nitriles is 1. The van der Waals surface area contributed by atoms with Crippen molar-refractivity contribution in [1.82, 2.24) is 0 Å². The molecule has 0 aromatic rings. The maximum absolute atomic E-state index is 8.88. The van der Waals surface area contributed by atoms with Gasteiger partial charge in [0.15, 0.2) is 0 Å². The van der Waals surface area contributed by atoms with E-state index in [1.807, 2.05) is 0 Å². The van der Waals surface area contributed by atoms with Gasteiger partial charge in [0.1, 0.15) is 6.10 Å². The Morgan fingerprint density at radius 1 is 1.64 bits per heavy atom. The minimum Gasteiger partial charge on any atom is -0.396 e. The van der Waals surface area contributed by atoms with Crippen LogP contribution in [0.2, 0.25) is 0 Å². The molecule has 1 heterocycles. The second-order valence-electron chi connectivity index (χ2n) is 3.47. The van der Waals surface area contributed by atoms with Crippen LogP contribution in [0.3, 0.4) is 0 Å². The fourth-order valence-electron chi connectivity index (χ4n) is 1.56. The molecule has 80 valence electrons. The van der Waals surface area contributed by atoms with Crippen molar-refractivity contribution in [1.29, 1.82) is 5.26 Å². The highest BCUT2D eigenvalue weighted by Crippen LogP contribution is 2.19. The summed E-state index contributed by atoms with van der Waals surface area (Å²) in [6, 6.07) is 2.15. The van der Waals surface area contributed by atoms with Crippen molar-refractivity contribution in [2.75, 3.05) is 26.4 Å². The molecule has 1 aliphatic rings. The van der Waals surface area contributed by atoms with E-state index in [0.29, 0.717) is 19.6 Å². The zero-order valence-electron chi connectivity index (χ0n) is 8.32. The Kier molecular flexibility index (Phi) is 5.53. The van der Waals surface area contributed by atoms with Crippen LogP contribution in [0.4, 0.5) is 0 Å². The lowest BCUT2D eigenvalue weighted by Crippen LogP contribution is -2.30. The van der Waals surface area contributed by atoms with E-state index in [2.05, 4.69) is 6.07 Å². The van der Waals surface area contributed by atoms with Crippen LogP contribution in [0, 0.1) is 17.2 Å². The number of hydrogen-bond donors (Lipinski definition) is 1. The van der Waals surface area contributed by atoms with Crippen molar-refractivity contribution in [3.63, 3.8) is 0 Å². The van der Waals surface area contributed by atoms with Crippen molar-refractivity contribution < 1.29 is 14.6 Å². The molecule has 4 nitrogen and oxygen atoms in total. The third kappa shape index (κ3) is 3.62. The zero-order valence-corrected chi connectivity index (χ0v) is 8.32. The molecular formula is C10H17NO3. The van der Waals surface area contributed by atoms with E-state index in [1.165, 1.54) is 0 Å². The highest BCUT2D eigenvalue weighted by molar-refractivity contribution is 4.90. The fraction of sp³-hybridized carbons (Fsp3) is 0.900. The van der Waals surface area contributed by atoms with Gasteiger partial charge < -0.3 is 14.6 Å². The van der Waals surface area contributed by atoms with Crippen molar-refractivity contribution in [3.05, 3.63) is 0 Å². The van der Waals surface area contributed by atoms with Crippen LogP contribution in [-0.4, -0.2) is 37.6 Å². The molecule has 4 heteroatoms. The molecule has 0 radical (unpaired) electrons. The molecule has 1 aliphatic heterocycles. The van der Waals surface area contributed by atoms with E-state index in [4.69, 9.17) is 19.8 Å². The molecule has 1 saturated heterocycles. The summed E-state index contributed by atoms with van der Waals surface area (Å²) in [6.07, 6.45) is 2.22. The van der Waals surface area contributed by atoms with Gasteiger partial charge in [-0.25, -0.2) is 0 Å². The van der Waals surface area contributed by atoms with Gasteiger partial charge >= 0.3 is 0 Å². The van der Waals surface area contributed by atoms with E-state index >= 15 is 0 Å². The van der Waals surface area contributed by atoms with Crippen LogP contribution in [0.15, 0.2) is 0 Å². The second kappa shape index (κ2) is 6.77. The molecule has 1 rings (SSSR count). The Bertz CT molecular complexity index is 184. The number of nitrogens with zero attached hydrogens (tertiary/aromatic N) is 1. The number of aliphatic hydroxyl groups excluding tert-OH is 1. The van der Waals surface area contributed by atoms with Crippen LogP contribution >= 0.6 is 0 Å². The molecule has 14 heavy (non-hydrogen) atoms. The molecule has 2 unspecified atom stereocenters. The van der Waals surface area contributed by atoms with Gasteiger partial charge in [-0.2, -0.15) is 5.26 Å². The SMILES string of the molecule is N#CC(OCCCO)C1CCCOC1. The summed E-state index contributed by atoms with van der Waals surface area (Å²) < 4.78 is 10.7. The molecular weight excluding hydrogens is 182 g/mol. The lowest BCUT2D eigenvalue weighted by molar-refractivity contribution is -0.0253. The topological polar surface area (TPSA) is 62.5 Å². The van der Waals surface area contributed by atoms with Crippen molar-refractivity contribution >= 4 is 0 Å². The van der Waals surface area contributed by atoms with Gasteiger partial charge in [0.05, 0.1) is 19.3 Å². The summed E-state index contributed by atoms with van der Waals surface area (Å²) >= 11 is 0. The zero-order chi connectivity index (χ0) is 10.2. The highest BCUT2D eigenvalue weighted by atomic mass is 16.5. The smallest absolute Gasteiger partial charge is 0.148 e. The van der Waals surface area contributed by atoms with Gasteiger partial charge in [-0.1, -0.05) is 0 Å². The van der Waals surface area contributed by atoms with Crippen molar-refractivity contribution in [2.24, 2.45) is 5.92 Å². The molecule has 0 amide bonds. The van der Waals surface area contributed by atoms with Crippen molar-refractivity contribution in [3.8, 4) is 6.07 Å². The van der Waals surface area contributed by atoms with E-state index < -0.39 is 0 Å². The summed E-state index contributed by atoms with van der Waals surface area (Å²) in [5.41, 5.74) is 0. The lowest BCUT2D eigenvalue weighted by atomic mass is 9.97. The first kappa shape index (κ1) is 11.4. The molecule has 0 spiro atoms. The van der Waals surface area contributed by atoms with Gasteiger partial charge in [0.25, 0.3) is 0 Å². The molecule has 2 atom stereocenters. The Morgan fingerprint density at radius 2 is 2.50 bits per heavy atom. The van der Waals surface area contributed by atoms with E-state index in [-0.39, 0.29) is 18.6 Å². The Balaban J connectivity index is 2.25. The summed E-state index contributed by atoms with van der Waals surface area (Å²) in [5.74, 6) is 0.201. The van der Waals surface area contributed by atoms with E-state index in [0.717, 1.165) is 19.4 Å². The summed E-state index contributed by atoms with van der Waals surface area (Å²) in [7, 11) is 0. The quantitative estimate of drug-likeness (QED) is 0.662. The maximum atomic E-state index is 8.88. The van der Waals surface area contributed by atoms with Crippen LogP contribution in [0.5, 0.6) is 0 Å². The van der Waals surface area contributed by atoms with Crippen molar-refractivity contribution in [2.45, 2.75) is 25.4 Å². The molecule has 0 saturated carbocycles. The molecule has 0 aliphatic carbocycles. The van der Waals surface area contributed by atoms with Gasteiger partial charge in [-0.15, -0.1) is 0 Å². The van der Waals surface area contributed by atoms with Gasteiger partial charge in [-0.05, 0) is 19.3 Å². The molecule has 1 fully saturated rings. The third-order valence-electron chi connectivity index (χ3n) is 2.35. The minimum absolute atomic E-state index is 0.110. The van der Waals surface area contributed by atoms with Crippen LogP contribution in [0.25, 0.3) is 0 Å². The second-order valence-corrected chi connectivity index (χ2v) is 3.47.